The molecule has 0 amide bonds. The number of aromatic nitrogens is 1. The molecule has 1 aromatic rings. The van der Waals surface area contributed by atoms with Crippen molar-refractivity contribution in [3.63, 3.8) is 0 Å². The second kappa shape index (κ2) is 6.79. The average Bonchev–Trinajstić information content (AvgIpc) is 2.65. The van der Waals surface area contributed by atoms with Crippen LogP contribution in [0.4, 0.5) is 0 Å². The second-order valence-electron chi connectivity index (χ2n) is 6.77. The van der Waals surface area contributed by atoms with Crippen LogP contribution in [0.15, 0.2) is 23.8 Å². The summed E-state index contributed by atoms with van der Waals surface area (Å²) < 4.78 is 12.3. The Morgan fingerprint density at radius 2 is 1.91 bits per heavy atom. The number of pyridine rings is 1. The van der Waals surface area contributed by atoms with Crippen LogP contribution in [0, 0.1) is 6.92 Å². The van der Waals surface area contributed by atoms with Crippen molar-refractivity contribution >= 4 is 30.1 Å². The summed E-state index contributed by atoms with van der Waals surface area (Å²) in [5.74, 6) is 0.542. The fraction of sp³-hybridized carbons (Fsp3) is 0.529. The number of carbonyl (C=O) groups excluding carboxylic acids is 1. The van der Waals surface area contributed by atoms with Gasteiger partial charge in [-0.1, -0.05) is 23.9 Å². The Balaban J connectivity index is 2.32. The average molecular weight is 333 g/mol. The lowest BCUT2D eigenvalue weighted by molar-refractivity contribution is -0.109. The van der Waals surface area contributed by atoms with Crippen LogP contribution >= 0.6 is 11.8 Å². The van der Waals surface area contributed by atoms with Crippen LogP contribution in [-0.2, 0) is 14.1 Å². The highest BCUT2D eigenvalue weighted by molar-refractivity contribution is 8.13. The molecule has 0 unspecified atom stereocenters. The topological polar surface area (TPSA) is 48.4 Å². The number of nitrogens with zero attached hydrogens (tertiary/aromatic N) is 1. The van der Waals surface area contributed by atoms with Crippen LogP contribution in [0.1, 0.15) is 45.9 Å². The fourth-order valence-corrected chi connectivity index (χ4v) is 2.80. The summed E-state index contributed by atoms with van der Waals surface area (Å²) in [6, 6.07) is 3.91. The summed E-state index contributed by atoms with van der Waals surface area (Å²) in [7, 11) is -0.452. The molecule has 0 N–H and O–H groups in total. The van der Waals surface area contributed by atoms with Crippen molar-refractivity contribution in [3.8, 4) is 0 Å². The van der Waals surface area contributed by atoms with E-state index in [2.05, 4.69) is 4.98 Å². The van der Waals surface area contributed by atoms with Gasteiger partial charge in [-0.2, -0.15) is 0 Å². The first-order valence-electron chi connectivity index (χ1n) is 7.73. The molecule has 0 bridgehead atoms. The van der Waals surface area contributed by atoms with E-state index in [9.17, 15) is 4.79 Å². The van der Waals surface area contributed by atoms with Crippen LogP contribution < -0.4 is 0 Å². The van der Waals surface area contributed by atoms with Gasteiger partial charge in [0, 0.05) is 24.6 Å². The molecule has 0 radical (unpaired) electrons. The Morgan fingerprint density at radius 3 is 2.43 bits per heavy atom. The van der Waals surface area contributed by atoms with Crippen LogP contribution in [0.2, 0.25) is 0 Å². The smallest absolute Gasteiger partial charge is 0.400 e. The molecule has 1 fully saturated rings. The summed E-state index contributed by atoms with van der Waals surface area (Å²) in [5, 5.41) is 0.0790. The highest BCUT2D eigenvalue weighted by Gasteiger charge is 2.52. The Kier molecular flexibility index (Phi) is 5.39. The van der Waals surface area contributed by atoms with E-state index in [1.54, 1.807) is 13.1 Å². The number of thioether (sulfide) groups is 1. The number of hydrogen-bond acceptors (Lipinski definition) is 5. The van der Waals surface area contributed by atoms with Crippen LogP contribution in [0.25, 0.3) is 6.08 Å². The van der Waals surface area contributed by atoms with Gasteiger partial charge in [0.05, 0.1) is 11.2 Å². The quantitative estimate of drug-likeness (QED) is 0.787. The Labute approximate surface area is 143 Å². The molecule has 2 rings (SSSR count). The molecule has 124 valence electrons. The molecule has 2 heterocycles. The minimum atomic E-state index is -0.452. The van der Waals surface area contributed by atoms with Crippen LogP contribution in [-0.4, -0.2) is 34.2 Å². The molecule has 0 saturated carbocycles. The molecule has 23 heavy (non-hydrogen) atoms. The zero-order valence-corrected chi connectivity index (χ0v) is 15.5. The first-order chi connectivity index (χ1) is 10.6. The van der Waals surface area contributed by atoms with Crippen LogP contribution in [0.3, 0.4) is 0 Å². The lowest BCUT2D eigenvalue weighted by Crippen LogP contribution is -2.41. The van der Waals surface area contributed by atoms with Gasteiger partial charge in [-0.15, -0.1) is 0 Å². The molecular formula is C17H24BNO3S. The van der Waals surface area contributed by atoms with Crippen molar-refractivity contribution in [2.45, 2.75) is 52.7 Å². The summed E-state index contributed by atoms with van der Waals surface area (Å²) in [6.07, 6.45) is 3.80. The molecule has 0 spiro atoms. The first kappa shape index (κ1) is 18.2. The summed E-state index contributed by atoms with van der Waals surface area (Å²) in [6.45, 7) is 11.6. The van der Waals surface area contributed by atoms with Gasteiger partial charge < -0.3 is 9.31 Å². The summed E-state index contributed by atoms with van der Waals surface area (Å²) in [5.41, 5.74) is 2.10. The number of hydrogen-bond donors (Lipinski definition) is 0. The molecule has 1 saturated heterocycles. The first-order valence-corrected chi connectivity index (χ1v) is 8.72. The zero-order valence-electron chi connectivity index (χ0n) is 14.7. The van der Waals surface area contributed by atoms with Gasteiger partial charge in [0.25, 0.3) is 0 Å². The molecule has 0 atom stereocenters. The van der Waals surface area contributed by atoms with Gasteiger partial charge in [-0.05, 0) is 51.7 Å². The lowest BCUT2D eigenvalue weighted by atomic mass is 9.78. The normalized spacial score (nSPS) is 19.9. The second-order valence-corrected chi connectivity index (χ2v) is 7.92. The molecule has 6 heteroatoms. The third kappa shape index (κ3) is 4.25. The van der Waals surface area contributed by atoms with E-state index >= 15 is 0 Å². The van der Waals surface area contributed by atoms with Gasteiger partial charge in [0.1, 0.15) is 0 Å². The van der Waals surface area contributed by atoms with Crippen molar-refractivity contribution in [1.29, 1.82) is 0 Å². The van der Waals surface area contributed by atoms with E-state index in [1.807, 2.05) is 52.8 Å². The maximum Gasteiger partial charge on any atom is 0.491 e. The minimum Gasteiger partial charge on any atom is -0.400 e. The van der Waals surface area contributed by atoms with Crippen molar-refractivity contribution in [2.24, 2.45) is 0 Å². The predicted molar refractivity (Wildman–Crippen MR) is 96.2 cm³/mol. The number of carbonyl (C=O) groups is 1. The standard InChI is InChI=1S/C17H24BNO3S/c1-12-14(8-7-9-19-12)10-15(11-23-13(2)20)18-21-16(3,4)17(5,6)22-18/h7-10H,11H2,1-6H3. The van der Waals surface area contributed by atoms with Crippen LogP contribution in [0.5, 0.6) is 0 Å². The Morgan fingerprint density at radius 1 is 1.30 bits per heavy atom. The highest BCUT2D eigenvalue weighted by atomic mass is 32.2. The molecule has 1 aliphatic rings. The SMILES string of the molecule is CC(=O)SCC(=Cc1cccnc1C)B1OC(C)(C)C(C)(C)O1. The zero-order chi connectivity index (χ0) is 17.3. The summed E-state index contributed by atoms with van der Waals surface area (Å²) in [4.78, 5) is 15.7. The number of rotatable bonds is 4. The van der Waals surface area contributed by atoms with Crippen molar-refractivity contribution < 1.29 is 14.1 Å². The summed E-state index contributed by atoms with van der Waals surface area (Å²) >= 11 is 1.26. The van der Waals surface area contributed by atoms with Gasteiger partial charge >= 0.3 is 7.12 Å². The molecule has 4 nitrogen and oxygen atoms in total. The van der Waals surface area contributed by atoms with Crippen molar-refractivity contribution in [1.82, 2.24) is 4.98 Å². The third-order valence-corrected chi connectivity index (χ3v) is 5.27. The van der Waals surface area contributed by atoms with Gasteiger partial charge in [-0.3, -0.25) is 9.78 Å². The maximum atomic E-state index is 11.4. The highest BCUT2D eigenvalue weighted by Crippen LogP contribution is 2.39. The van der Waals surface area contributed by atoms with Gasteiger partial charge in [0.15, 0.2) is 5.12 Å². The van der Waals surface area contributed by atoms with E-state index in [0.29, 0.717) is 5.75 Å². The lowest BCUT2D eigenvalue weighted by Gasteiger charge is -2.32. The van der Waals surface area contributed by atoms with E-state index in [0.717, 1.165) is 16.7 Å². The van der Waals surface area contributed by atoms with Crippen molar-refractivity contribution in [3.05, 3.63) is 35.1 Å². The van der Waals surface area contributed by atoms with Gasteiger partial charge in [-0.25, -0.2) is 0 Å². The van der Waals surface area contributed by atoms with Gasteiger partial charge in [0.2, 0.25) is 0 Å². The minimum absolute atomic E-state index is 0.0790. The molecule has 1 aliphatic heterocycles. The molecule has 1 aromatic heterocycles. The largest absolute Gasteiger partial charge is 0.491 e. The van der Waals surface area contributed by atoms with E-state index < -0.39 is 18.3 Å². The molecule has 0 aliphatic carbocycles. The predicted octanol–water partition coefficient (Wildman–Crippen LogP) is 3.68. The van der Waals surface area contributed by atoms with Crippen molar-refractivity contribution in [2.75, 3.05) is 5.75 Å². The number of aryl methyl sites for hydroxylation is 1. The monoisotopic (exact) mass is 333 g/mol. The Hall–Kier alpha value is -1.11. The maximum absolute atomic E-state index is 11.4. The fourth-order valence-electron chi connectivity index (χ4n) is 2.21. The molecular weight excluding hydrogens is 309 g/mol. The molecule has 0 aromatic carbocycles. The third-order valence-electron chi connectivity index (χ3n) is 4.39. The Bertz CT molecular complexity index is 612. The van der Waals surface area contributed by atoms with E-state index in [1.165, 1.54) is 11.8 Å². The van der Waals surface area contributed by atoms with E-state index in [-0.39, 0.29) is 5.12 Å². The van der Waals surface area contributed by atoms with E-state index in [4.69, 9.17) is 9.31 Å².